The van der Waals surface area contributed by atoms with Gasteiger partial charge in [0.15, 0.2) is 0 Å². The van der Waals surface area contributed by atoms with Crippen molar-refractivity contribution in [2.75, 3.05) is 0 Å². The molecule has 0 aliphatic heterocycles. The molecule has 0 heterocycles. The van der Waals surface area contributed by atoms with Gasteiger partial charge in [-0.1, -0.05) is 51.9 Å². The quantitative estimate of drug-likeness (QED) is 0.669. The van der Waals surface area contributed by atoms with Crippen molar-refractivity contribution in [1.29, 1.82) is 0 Å². The summed E-state index contributed by atoms with van der Waals surface area (Å²) in [4.78, 5) is 0. The number of aliphatic hydroxyl groups excluding tert-OH is 1. The van der Waals surface area contributed by atoms with Crippen LogP contribution in [-0.4, -0.2) is 11.2 Å². The van der Waals surface area contributed by atoms with Gasteiger partial charge in [-0.25, -0.2) is 0 Å². The van der Waals surface area contributed by atoms with Crippen LogP contribution in [0.2, 0.25) is 0 Å². The molecule has 0 radical (unpaired) electrons. The molecule has 18 heavy (non-hydrogen) atoms. The van der Waals surface area contributed by atoms with Gasteiger partial charge >= 0.3 is 0 Å². The zero-order valence-corrected chi connectivity index (χ0v) is 12.0. The van der Waals surface area contributed by atoms with Crippen molar-refractivity contribution >= 4 is 0 Å². The number of hydrogen-bond acceptors (Lipinski definition) is 1. The molecule has 0 amide bonds. The lowest BCUT2D eigenvalue weighted by Crippen LogP contribution is -2.61. The Labute approximate surface area is 112 Å². The minimum Gasteiger partial charge on any atom is -0.393 e. The van der Waals surface area contributed by atoms with Crippen molar-refractivity contribution in [3.63, 3.8) is 0 Å². The van der Waals surface area contributed by atoms with Gasteiger partial charge in [-0.2, -0.15) is 0 Å². The molecule has 0 saturated heterocycles. The largest absolute Gasteiger partial charge is 0.393 e. The molecule has 1 heteroatoms. The fraction of sp³-hybridized carbons (Fsp3) is 1.00. The van der Waals surface area contributed by atoms with E-state index in [1.807, 2.05) is 0 Å². The molecule has 3 saturated carbocycles. The summed E-state index contributed by atoms with van der Waals surface area (Å²) in [6, 6.07) is 0. The minimum absolute atomic E-state index is 0.0212. The average Bonchev–Trinajstić information content (AvgIpc) is 2.35. The first-order valence-corrected chi connectivity index (χ1v) is 8.41. The molecule has 0 bridgehead atoms. The zero-order valence-electron chi connectivity index (χ0n) is 12.0. The second kappa shape index (κ2) is 5.15. The van der Waals surface area contributed by atoms with E-state index in [9.17, 15) is 5.11 Å². The van der Waals surface area contributed by atoms with Crippen LogP contribution >= 0.6 is 0 Å². The van der Waals surface area contributed by atoms with Crippen molar-refractivity contribution in [3.05, 3.63) is 0 Å². The molecule has 5 atom stereocenters. The molecule has 0 aromatic carbocycles. The predicted octanol–water partition coefficient (Wildman–Crippen LogP) is 4.53. The summed E-state index contributed by atoms with van der Waals surface area (Å²) < 4.78 is 0. The molecular formula is C17H30O. The van der Waals surface area contributed by atoms with E-state index >= 15 is 0 Å². The second-order valence-corrected chi connectivity index (χ2v) is 7.46. The van der Waals surface area contributed by atoms with Crippen molar-refractivity contribution in [1.82, 2.24) is 0 Å². The van der Waals surface area contributed by atoms with Crippen molar-refractivity contribution < 1.29 is 5.11 Å². The summed E-state index contributed by atoms with van der Waals surface area (Å²) in [7, 11) is 0. The number of hydrogen-bond donors (Lipinski definition) is 1. The summed E-state index contributed by atoms with van der Waals surface area (Å²) in [5, 5.41) is 10.4. The summed E-state index contributed by atoms with van der Waals surface area (Å²) in [5.41, 5.74) is 0.502. The van der Waals surface area contributed by atoms with E-state index in [0.29, 0.717) is 11.3 Å². The minimum atomic E-state index is 0.0212. The molecule has 1 nitrogen and oxygen atoms in total. The maximum absolute atomic E-state index is 10.4. The van der Waals surface area contributed by atoms with Crippen LogP contribution in [0, 0.1) is 23.2 Å². The van der Waals surface area contributed by atoms with Crippen LogP contribution in [0.3, 0.4) is 0 Å². The first-order chi connectivity index (χ1) is 8.73. The third kappa shape index (κ3) is 2.03. The van der Waals surface area contributed by atoms with Crippen LogP contribution in [0.25, 0.3) is 0 Å². The third-order valence-electron chi connectivity index (χ3n) is 6.52. The third-order valence-corrected chi connectivity index (χ3v) is 6.52. The molecule has 5 unspecified atom stereocenters. The van der Waals surface area contributed by atoms with E-state index in [0.717, 1.165) is 18.3 Å². The van der Waals surface area contributed by atoms with Crippen LogP contribution in [0.5, 0.6) is 0 Å². The summed E-state index contributed by atoms with van der Waals surface area (Å²) >= 11 is 0. The van der Waals surface area contributed by atoms with Gasteiger partial charge in [0.25, 0.3) is 0 Å². The molecule has 0 aromatic rings. The van der Waals surface area contributed by atoms with Crippen LogP contribution in [0.1, 0.15) is 77.6 Å². The molecule has 3 rings (SSSR count). The van der Waals surface area contributed by atoms with Crippen LogP contribution < -0.4 is 0 Å². The highest BCUT2D eigenvalue weighted by molar-refractivity contribution is 5.09. The van der Waals surface area contributed by atoms with E-state index in [1.54, 1.807) is 0 Å². The lowest BCUT2D eigenvalue weighted by molar-refractivity contribution is -0.196. The van der Waals surface area contributed by atoms with Gasteiger partial charge in [-0.15, -0.1) is 0 Å². The summed E-state index contributed by atoms with van der Waals surface area (Å²) in [6.45, 7) is 2.49. The van der Waals surface area contributed by atoms with Gasteiger partial charge in [-0.05, 0) is 48.9 Å². The van der Waals surface area contributed by atoms with Gasteiger partial charge in [0, 0.05) is 0 Å². The molecule has 104 valence electrons. The fourth-order valence-electron chi connectivity index (χ4n) is 5.68. The van der Waals surface area contributed by atoms with E-state index < -0.39 is 0 Å². The summed E-state index contributed by atoms with van der Waals surface area (Å²) in [5.74, 6) is 2.45. The first-order valence-electron chi connectivity index (χ1n) is 8.41. The topological polar surface area (TPSA) is 20.2 Å². The van der Waals surface area contributed by atoms with E-state index in [4.69, 9.17) is 0 Å². The van der Waals surface area contributed by atoms with E-state index in [1.165, 1.54) is 64.2 Å². The van der Waals surface area contributed by atoms with Gasteiger partial charge in [0.1, 0.15) is 0 Å². The van der Waals surface area contributed by atoms with Gasteiger partial charge < -0.3 is 5.11 Å². The Bertz CT molecular complexity index is 287. The zero-order chi connectivity index (χ0) is 12.6. The van der Waals surface area contributed by atoms with Gasteiger partial charge in [0.05, 0.1) is 6.10 Å². The second-order valence-electron chi connectivity index (χ2n) is 7.46. The normalized spacial score (nSPS) is 49.7. The lowest BCUT2D eigenvalue weighted by Gasteiger charge is -2.65. The lowest BCUT2D eigenvalue weighted by atomic mass is 9.41. The maximum atomic E-state index is 10.4. The Morgan fingerprint density at radius 2 is 1.50 bits per heavy atom. The molecule has 3 fully saturated rings. The number of fused-ring (bicyclic) bond motifs is 4. The Balaban J connectivity index is 1.73. The van der Waals surface area contributed by atoms with Crippen molar-refractivity contribution in [3.8, 4) is 0 Å². The molecule has 1 N–H and O–H groups in total. The smallest absolute Gasteiger partial charge is 0.0576 e. The average molecular weight is 250 g/mol. The molecular weight excluding hydrogens is 220 g/mol. The van der Waals surface area contributed by atoms with E-state index in [2.05, 4.69) is 6.92 Å². The summed E-state index contributed by atoms with van der Waals surface area (Å²) in [6.07, 6.45) is 15.2. The van der Waals surface area contributed by atoms with Crippen LogP contribution in [0.4, 0.5) is 0 Å². The highest BCUT2D eigenvalue weighted by Crippen LogP contribution is 2.65. The van der Waals surface area contributed by atoms with Crippen LogP contribution in [-0.2, 0) is 0 Å². The SMILES string of the molecule is CC12CCCC(O)C1C1CCCCCCCCC12. The maximum Gasteiger partial charge on any atom is 0.0576 e. The van der Waals surface area contributed by atoms with Crippen molar-refractivity contribution in [2.24, 2.45) is 23.2 Å². The molecule has 0 spiro atoms. The van der Waals surface area contributed by atoms with Crippen LogP contribution in [0.15, 0.2) is 0 Å². The highest BCUT2D eigenvalue weighted by atomic mass is 16.3. The highest BCUT2D eigenvalue weighted by Gasteiger charge is 2.60. The van der Waals surface area contributed by atoms with Gasteiger partial charge in [-0.3, -0.25) is 0 Å². The Morgan fingerprint density at radius 1 is 0.833 bits per heavy atom. The molecule has 3 aliphatic rings. The Kier molecular flexibility index (Phi) is 3.71. The van der Waals surface area contributed by atoms with Crippen molar-refractivity contribution in [2.45, 2.75) is 83.7 Å². The van der Waals surface area contributed by atoms with E-state index in [-0.39, 0.29) is 6.10 Å². The molecule has 0 aromatic heterocycles. The first kappa shape index (κ1) is 13.0. The fourth-order valence-corrected chi connectivity index (χ4v) is 5.68. The molecule has 3 aliphatic carbocycles. The van der Waals surface area contributed by atoms with Gasteiger partial charge in [0.2, 0.25) is 0 Å². The monoisotopic (exact) mass is 250 g/mol. The number of rotatable bonds is 0. The standard InChI is InChI=1S/C17H30O/c1-17-12-8-11-15(18)16(17)13-9-6-4-2-3-5-7-10-14(13)17/h13-16,18H,2-12H2,1H3. The Morgan fingerprint density at radius 3 is 2.28 bits per heavy atom. The number of aliphatic hydroxyl groups is 1. The Hall–Kier alpha value is -0.0400. The predicted molar refractivity (Wildman–Crippen MR) is 75.4 cm³/mol.